The molecule has 0 amide bonds. The molecule has 2 aromatic carbocycles. The van der Waals surface area contributed by atoms with Gasteiger partial charge in [-0.05, 0) is 49.6 Å². The predicted octanol–water partition coefficient (Wildman–Crippen LogP) is 6.05. The largest absolute Gasteiger partial charge is 0.478 e. The number of hydrogen-bond donors (Lipinski definition) is 1. The number of aromatic carboxylic acids is 1. The van der Waals surface area contributed by atoms with E-state index < -0.39 is 59.3 Å². The van der Waals surface area contributed by atoms with E-state index >= 15 is 0 Å². The monoisotopic (exact) mass is 620 g/mol. The first kappa shape index (κ1) is 29.9. The minimum absolute atomic E-state index is 0.0583. The number of halogens is 6. The number of aromatic nitrogens is 3. The van der Waals surface area contributed by atoms with Crippen LogP contribution in [0.3, 0.4) is 0 Å². The first-order valence-electron chi connectivity index (χ1n) is 13.8. The Labute approximate surface area is 246 Å². The van der Waals surface area contributed by atoms with E-state index in [0.29, 0.717) is 59.9 Å². The molecule has 4 heterocycles. The third-order valence-corrected chi connectivity index (χ3v) is 8.07. The summed E-state index contributed by atoms with van der Waals surface area (Å²) in [5, 5.41) is 9.50. The molecule has 1 fully saturated rings. The summed E-state index contributed by atoms with van der Waals surface area (Å²) >= 11 is 0. The van der Waals surface area contributed by atoms with Crippen molar-refractivity contribution < 1.29 is 45.7 Å². The zero-order chi connectivity index (χ0) is 31.3. The second-order valence-corrected chi connectivity index (χ2v) is 10.8. The summed E-state index contributed by atoms with van der Waals surface area (Å²) in [6.45, 7) is 2.57. The topological polar surface area (TPSA) is 89.7 Å². The van der Waals surface area contributed by atoms with Crippen LogP contribution >= 0.6 is 0 Å². The molecule has 0 aliphatic carbocycles. The molecule has 2 aliphatic heterocycles. The van der Waals surface area contributed by atoms with Gasteiger partial charge in [0.05, 0.1) is 53.1 Å². The van der Waals surface area contributed by atoms with Crippen molar-refractivity contribution in [2.24, 2.45) is 0 Å². The Morgan fingerprint density at radius 2 is 1.84 bits per heavy atom. The Balaban J connectivity index is 1.31. The predicted molar refractivity (Wildman–Crippen MR) is 143 cm³/mol. The fraction of sp³-hybridized carbons (Fsp3) is 0.367. The summed E-state index contributed by atoms with van der Waals surface area (Å²) in [6.07, 6.45) is -3.85. The number of carbonyl (C=O) groups is 1. The van der Waals surface area contributed by atoms with Crippen LogP contribution in [0.2, 0.25) is 0 Å². The average molecular weight is 621 g/mol. The van der Waals surface area contributed by atoms with Crippen LogP contribution in [0.5, 0.6) is 5.88 Å². The summed E-state index contributed by atoms with van der Waals surface area (Å²) < 4.78 is 96.4. The second-order valence-electron chi connectivity index (χ2n) is 10.8. The van der Waals surface area contributed by atoms with Gasteiger partial charge >= 0.3 is 12.1 Å². The number of fused-ring (bicyclic) bond motifs is 2. The first-order chi connectivity index (χ1) is 20.9. The smallest absolute Gasteiger partial charge is 0.421 e. The highest BCUT2D eigenvalue weighted by Crippen LogP contribution is 2.40. The highest BCUT2D eigenvalue weighted by molar-refractivity contribution is 5.92. The number of nitrogens with zero attached hydrogens (tertiary/aromatic N) is 4. The molecule has 0 unspecified atom stereocenters. The van der Waals surface area contributed by atoms with Crippen LogP contribution in [0, 0.1) is 17.5 Å². The molecule has 1 N–H and O–H groups in total. The summed E-state index contributed by atoms with van der Waals surface area (Å²) in [5.41, 5.74) is 0.0817. The van der Waals surface area contributed by atoms with Gasteiger partial charge in [0.15, 0.2) is 0 Å². The summed E-state index contributed by atoms with van der Waals surface area (Å²) in [4.78, 5) is 22.5. The van der Waals surface area contributed by atoms with Crippen LogP contribution in [0.25, 0.3) is 11.0 Å². The van der Waals surface area contributed by atoms with Gasteiger partial charge in [0.1, 0.15) is 35.4 Å². The third-order valence-electron chi connectivity index (χ3n) is 8.07. The van der Waals surface area contributed by atoms with Crippen molar-refractivity contribution in [3.8, 4) is 5.88 Å². The van der Waals surface area contributed by atoms with E-state index in [4.69, 9.17) is 14.5 Å². The van der Waals surface area contributed by atoms with Gasteiger partial charge < -0.3 is 19.1 Å². The maximum absolute atomic E-state index is 14.2. The molecule has 0 bridgehead atoms. The molecule has 4 aromatic rings. The van der Waals surface area contributed by atoms with E-state index in [-0.39, 0.29) is 24.6 Å². The van der Waals surface area contributed by atoms with E-state index in [2.05, 4.69) is 4.98 Å². The van der Waals surface area contributed by atoms with Crippen LogP contribution in [0.15, 0.2) is 36.4 Å². The second kappa shape index (κ2) is 11.4. The van der Waals surface area contributed by atoms with Gasteiger partial charge in [-0.3, -0.25) is 4.90 Å². The van der Waals surface area contributed by atoms with Crippen LogP contribution in [-0.2, 0) is 37.0 Å². The van der Waals surface area contributed by atoms with E-state index in [1.54, 1.807) is 19.1 Å². The van der Waals surface area contributed by atoms with Crippen LogP contribution in [-0.4, -0.2) is 49.8 Å². The quantitative estimate of drug-likeness (QED) is 0.240. The molecule has 14 heteroatoms. The number of alkyl halides is 3. The van der Waals surface area contributed by atoms with Gasteiger partial charge in [-0.25, -0.2) is 27.9 Å². The molecular weight excluding hydrogens is 594 g/mol. The van der Waals surface area contributed by atoms with Gasteiger partial charge in [-0.2, -0.15) is 13.2 Å². The third kappa shape index (κ3) is 5.71. The number of imidazole rings is 1. The first-order valence-corrected chi connectivity index (χ1v) is 13.8. The molecule has 2 atom stereocenters. The number of pyridine rings is 1. The molecule has 6 rings (SSSR count). The number of carboxylic acid groups (broad SMARTS) is 1. The van der Waals surface area contributed by atoms with Crippen molar-refractivity contribution >= 4 is 17.0 Å². The molecule has 44 heavy (non-hydrogen) atoms. The van der Waals surface area contributed by atoms with Gasteiger partial charge in [0.2, 0.25) is 5.88 Å². The lowest BCUT2D eigenvalue weighted by atomic mass is 9.97. The van der Waals surface area contributed by atoms with Crippen molar-refractivity contribution in [2.45, 2.75) is 57.8 Å². The van der Waals surface area contributed by atoms with Crippen molar-refractivity contribution in [1.29, 1.82) is 0 Å². The van der Waals surface area contributed by atoms with E-state index in [9.17, 15) is 36.2 Å². The van der Waals surface area contributed by atoms with Gasteiger partial charge in [0.25, 0.3) is 0 Å². The summed E-state index contributed by atoms with van der Waals surface area (Å²) in [5.74, 6) is -5.05. The Hall–Kier alpha value is -4.17. The zero-order valence-corrected chi connectivity index (χ0v) is 23.3. The van der Waals surface area contributed by atoms with Gasteiger partial charge in [0, 0.05) is 25.3 Å². The Morgan fingerprint density at radius 3 is 2.48 bits per heavy atom. The van der Waals surface area contributed by atoms with Crippen molar-refractivity contribution in [2.75, 3.05) is 13.2 Å². The Kier molecular flexibility index (Phi) is 7.74. The molecule has 0 saturated carbocycles. The molecule has 232 valence electrons. The number of benzene rings is 2. The molecule has 8 nitrogen and oxygen atoms in total. The standard InChI is InChI=1S/C30H26F6N4O4/c1-15-27-16(8-21(30(34,35)36)28(38-27)44-14-20-22(32)10-18(31)11-23(20)33)4-6-39(15)13-26-37-24-3-2-17(29(41)42)9-25(24)40(26)12-19-5-7-43-19/h2-3,8-11,15,19H,4-7,12-14H2,1H3,(H,41,42)/t15-,19-/m0/s1. The van der Waals surface area contributed by atoms with Gasteiger partial charge in [-0.1, -0.05) is 0 Å². The maximum Gasteiger partial charge on any atom is 0.421 e. The molecule has 1 saturated heterocycles. The van der Waals surface area contributed by atoms with Crippen molar-refractivity contribution in [3.05, 3.63) is 87.6 Å². The lowest BCUT2D eigenvalue weighted by Crippen LogP contribution is -2.36. The Bertz CT molecular complexity index is 1730. The minimum Gasteiger partial charge on any atom is -0.478 e. The number of rotatable bonds is 8. The SMILES string of the molecule is C[C@H]1c2nc(OCc3c(F)cc(F)cc3F)c(C(F)(F)F)cc2CCN1Cc1nc2ccc(C(=O)O)cc2n1C[C@@H]1CCO1. The van der Waals surface area contributed by atoms with E-state index in [0.717, 1.165) is 12.5 Å². The average Bonchev–Trinajstić information content (AvgIpc) is 3.26. The van der Waals surface area contributed by atoms with Crippen molar-refractivity contribution in [3.63, 3.8) is 0 Å². The number of hydrogen-bond acceptors (Lipinski definition) is 6. The molecule has 2 aromatic heterocycles. The van der Waals surface area contributed by atoms with Crippen LogP contribution in [0.4, 0.5) is 26.3 Å². The summed E-state index contributed by atoms with van der Waals surface area (Å²) in [6, 6.07) is 5.92. The number of ether oxygens (including phenoxy) is 2. The van der Waals surface area contributed by atoms with Crippen molar-refractivity contribution in [1.82, 2.24) is 19.4 Å². The highest BCUT2D eigenvalue weighted by Gasteiger charge is 2.39. The minimum atomic E-state index is -4.86. The zero-order valence-electron chi connectivity index (χ0n) is 23.3. The summed E-state index contributed by atoms with van der Waals surface area (Å²) in [7, 11) is 0. The molecule has 2 aliphatic rings. The van der Waals surface area contributed by atoms with E-state index in [1.807, 2.05) is 9.47 Å². The van der Waals surface area contributed by atoms with Gasteiger partial charge in [-0.15, -0.1) is 0 Å². The molecule has 0 radical (unpaired) electrons. The Morgan fingerprint density at radius 1 is 1.11 bits per heavy atom. The van der Waals surface area contributed by atoms with E-state index in [1.165, 1.54) is 6.07 Å². The fourth-order valence-corrected chi connectivity index (χ4v) is 5.57. The lowest BCUT2D eigenvalue weighted by Gasteiger charge is -2.35. The number of carboxylic acids is 1. The highest BCUT2D eigenvalue weighted by atomic mass is 19.4. The van der Waals surface area contributed by atoms with Crippen LogP contribution in [0.1, 0.15) is 58.0 Å². The lowest BCUT2D eigenvalue weighted by molar-refractivity contribution is -0.139. The molecule has 0 spiro atoms. The molecular formula is C30H26F6N4O4. The normalized spacial score (nSPS) is 18.7. The van der Waals surface area contributed by atoms with Crippen LogP contribution < -0.4 is 4.74 Å². The maximum atomic E-state index is 14.2. The fourth-order valence-electron chi connectivity index (χ4n) is 5.57.